The van der Waals surface area contributed by atoms with Crippen LogP contribution in [0.3, 0.4) is 0 Å². The van der Waals surface area contributed by atoms with Crippen LogP contribution in [0, 0.1) is 0 Å². The topological polar surface area (TPSA) is 93.3 Å². The van der Waals surface area contributed by atoms with Crippen molar-refractivity contribution in [2.75, 3.05) is 13.1 Å². The van der Waals surface area contributed by atoms with Gasteiger partial charge in [0.25, 0.3) is 11.8 Å². The Morgan fingerprint density at radius 2 is 1.89 bits per heavy atom. The number of furan rings is 1. The summed E-state index contributed by atoms with van der Waals surface area (Å²) in [4.78, 5) is 26.5. The van der Waals surface area contributed by atoms with E-state index in [2.05, 4.69) is 15.6 Å². The smallest absolute Gasteiger partial charge is 0.287 e. The Morgan fingerprint density at radius 3 is 2.57 bits per heavy atom. The molecule has 1 fully saturated rings. The zero-order valence-electron chi connectivity index (χ0n) is 14.9. The minimum Gasteiger partial charge on any atom is -0.459 e. The van der Waals surface area contributed by atoms with E-state index in [1.807, 2.05) is 0 Å². The SMILES string of the molecule is O=C(NC1CCN(C(=O)c2cn(-c3ccc(Cl)cc3)nn2)CC1)c1ccco1. The number of rotatable bonds is 4. The molecule has 1 aliphatic rings. The number of piperidine rings is 1. The highest BCUT2D eigenvalue weighted by Gasteiger charge is 2.26. The van der Waals surface area contributed by atoms with E-state index >= 15 is 0 Å². The van der Waals surface area contributed by atoms with Crippen LogP contribution in [-0.4, -0.2) is 50.8 Å². The summed E-state index contributed by atoms with van der Waals surface area (Å²) in [6, 6.07) is 10.4. The molecule has 0 bridgehead atoms. The number of hydrogen-bond donors (Lipinski definition) is 1. The summed E-state index contributed by atoms with van der Waals surface area (Å²) in [7, 11) is 0. The number of carbonyl (C=O) groups is 2. The maximum absolute atomic E-state index is 12.7. The maximum Gasteiger partial charge on any atom is 0.287 e. The second kappa shape index (κ2) is 7.85. The molecule has 0 saturated carbocycles. The molecule has 0 radical (unpaired) electrons. The van der Waals surface area contributed by atoms with Gasteiger partial charge in [-0.15, -0.1) is 5.10 Å². The molecule has 2 amide bonds. The molecule has 1 saturated heterocycles. The molecule has 2 aromatic heterocycles. The van der Waals surface area contributed by atoms with Crippen LogP contribution >= 0.6 is 11.6 Å². The number of benzene rings is 1. The predicted octanol–water partition coefficient (Wildman–Crippen LogP) is 2.55. The number of amides is 2. The molecule has 8 nitrogen and oxygen atoms in total. The van der Waals surface area contributed by atoms with Crippen LogP contribution in [0.1, 0.15) is 33.9 Å². The average Bonchev–Trinajstić information content (AvgIpc) is 3.41. The summed E-state index contributed by atoms with van der Waals surface area (Å²) in [6.45, 7) is 1.07. The molecule has 3 heterocycles. The van der Waals surface area contributed by atoms with Crippen LogP contribution in [0.2, 0.25) is 5.02 Å². The third-order valence-corrected chi connectivity index (χ3v) is 4.92. The standard InChI is InChI=1S/C19H18ClN5O3/c20-13-3-5-15(6-4-13)25-12-16(22-23-25)19(27)24-9-7-14(8-10-24)21-18(26)17-2-1-11-28-17/h1-6,11-12,14H,7-10H2,(H,21,26). The molecule has 0 atom stereocenters. The molecule has 0 unspecified atom stereocenters. The summed E-state index contributed by atoms with van der Waals surface area (Å²) < 4.78 is 6.64. The highest BCUT2D eigenvalue weighted by Crippen LogP contribution is 2.16. The lowest BCUT2D eigenvalue weighted by Crippen LogP contribution is -2.46. The first-order valence-corrected chi connectivity index (χ1v) is 9.30. The number of nitrogens with zero attached hydrogens (tertiary/aromatic N) is 4. The van der Waals surface area contributed by atoms with Crippen LogP contribution in [0.5, 0.6) is 0 Å². The molecular formula is C19H18ClN5O3. The molecule has 1 N–H and O–H groups in total. The lowest BCUT2D eigenvalue weighted by atomic mass is 10.0. The quantitative estimate of drug-likeness (QED) is 0.727. The fraction of sp³-hybridized carbons (Fsp3) is 0.263. The lowest BCUT2D eigenvalue weighted by molar-refractivity contribution is 0.0690. The molecule has 28 heavy (non-hydrogen) atoms. The second-order valence-corrected chi connectivity index (χ2v) is 6.98. The van der Waals surface area contributed by atoms with Gasteiger partial charge >= 0.3 is 0 Å². The van der Waals surface area contributed by atoms with E-state index in [-0.39, 0.29) is 29.3 Å². The Bertz CT molecular complexity index is 960. The second-order valence-electron chi connectivity index (χ2n) is 6.54. The van der Waals surface area contributed by atoms with E-state index in [0.29, 0.717) is 31.0 Å². The van der Waals surface area contributed by atoms with Crippen molar-refractivity contribution in [1.82, 2.24) is 25.2 Å². The van der Waals surface area contributed by atoms with E-state index in [4.69, 9.17) is 16.0 Å². The van der Waals surface area contributed by atoms with E-state index in [9.17, 15) is 9.59 Å². The minimum atomic E-state index is -0.235. The summed E-state index contributed by atoms with van der Waals surface area (Å²) in [5, 5.41) is 11.6. The fourth-order valence-corrected chi connectivity index (χ4v) is 3.26. The molecule has 0 aliphatic carbocycles. The Balaban J connectivity index is 1.34. The van der Waals surface area contributed by atoms with E-state index in [1.54, 1.807) is 52.2 Å². The minimum absolute atomic E-state index is 0.00593. The van der Waals surface area contributed by atoms with Gasteiger partial charge < -0.3 is 14.6 Å². The largest absolute Gasteiger partial charge is 0.459 e. The number of nitrogens with one attached hydrogen (secondary N) is 1. The highest BCUT2D eigenvalue weighted by molar-refractivity contribution is 6.30. The van der Waals surface area contributed by atoms with Crippen molar-refractivity contribution in [2.45, 2.75) is 18.9 Å². The van der Waals surface area contributed by atoms with Crippen molar-refractivity contribution < 1.29 is 14.0 Å². The Hall–Kier alpha value is -3.13. The molecule has 9 heteroatoms. The Kier molecular flexibility index (Phi) is 5.12. The van der Waals surface area contributed by atoms with Crippen molar-refractivity contribution >= 4 is 23.4 Å². The van der Waals surface area contributed by atoms with E-state index < -0.39 is 0 Å². The number of hydrogen-bond acceptors (Lipinski definition) is 5. The maximum atomic E-state index is 12.7. The van der Waals surface area contributed by atoms with Gasteiger partial charge in [0, 0.05) is 24.2 Å². The van der Waals surface area contributed by atoms with Crippen molar-refractivity contribution in [1.29, 1.82) is 0 Å². The summed E-state index contributed by atoms with van der Waals surface area (Å²) >= 11 is 5.89. The first-order chi connectivity index (χ1) is 13.6. The van der Waals surface area contributed by atoms with Gasteiger partial charge in [-0.2, -0.15) is 0 Å². The van der Waals surface area contributed by atoms with Gasteiger partial charge in [0.2, 0.25) is 0 Å². The van der Waals surface area contributed by atoms with Crippen molar-refractivity contribution in [3.05, 3.63) is 65.3 Å². The normalized spacial score (nSPS) is 14.8. The Morgan fingerprint density at radius 1 is 1.14 bits per heavy atom. The first kappa shape index (κ1) is 18.2. The molecule has 0 spiro atoms. The first-order valence-electron chi connectivity index (χ1n) is 8.92. The van der Waals surface area contributed by atoms with Gasteiger partial charge in [0.15, 0.2) is 11.5 Å². The van der Waals surface area contributed by atoms with Crippen molar-refractivity contribution in [2.24, 2.45) is 0 Å². The number of carbonyl (C=O) groups excluding carboxylic acids is 2. The highest BCUT2D eigenvalue weighted by atomic mass is 35.5. The molecule has 1 aliphatic heterocycles. The molecular weight excluding hydrogens is 382 g/mol. The van der Waals surface area contributed by atoms with Crippen molar-refractivity contribution in [3.8, 4) is 5.69 Å². The van der Waals surface area contributed by atoms with Crippen molar-refractivity contribution in [3.63, 3.8) is 0 Å². The summed E-state index contributed by atoms with van der Waals surface area (Å²) in [5.41, 5.74) is 1.06. The third-order valence-electron chi connectivity index (χ3n) is 4.67. The van der Waals surface area contributed by atoms with E-state index in [0.717, 1.165) is 5.69 Å². The van der Waals surface area contributed by atoms with Crippen LogP contribution in [0.25, 0.3) is 5.69 Å². The molecule has 3 aromatic rings. The van der Waals surface area contributed by atoms with Gasteiger partial charge in [-0.05, 0) is 49.2 Å². The average molecular weight is 400 g/mol. The van der Waals surface area contributed by atoms with Crippen LogP contribution in [-0.2, 0) is 0 Å². The predicted molar refractivity (Wildman–Crippen MR) is 101 cm³/mol. The number of halogens is 1. The van der Waals surface area contributed by atoms with Gasteiger partial charge in [-0.3, -0.25) is 9.59 Å². The monoisotopic (exact) mass is 399 g/mol. The zero-order valence-corrected chi connectivity index (χ0v) is 15.7. The van der Waals surface area contributed by atoms with Crippen LogP contribution < -0.4 is 5.32 Å². The van der Waals surface area contributed by atoms with Gasteiger partial charge in [-0.25, -0.2) is 4.68 Å². The van der Waals surface area contributed by atoms with E-state index in [1.165, 1.54) is 6.26 Å². The van der Waals surface area contributed by atoms with Crippen LogP contribution in [0.15, 0.2) is 53.3 Å². The summed E-state index contributed by atoms with van der Waals surface area (Å²) in [5.74, 6) is -0.117. The van der Waals surface area contributed by atoms with Crippen LogP contribution in [0.4, 0.5) is 0 Å². The van der Waals surface area contributed by atoms with Gasteiger partial charge in [0.1, 0.15) is 0 Å². The fourth-order valence-electron chi connectivity index (χ4n) is 3.14. The number of likely N-dealkylation sites (tertiary alicyclic amines) is 1. The Labute approximate surface area is 166 Å². The van der Waals surface area contributed by atoms with Gasteiger partial charge in [-0.1, -0.05) is 16.8 Å². The molecule has 4 rings (SSSR count). The summed E-state index contributed by atoms with van der Waals surface area (Å²) in [6.07, 6.45) is 4.41. The lowest BCUT2D eigenvalue weighted by Gasteiger charge is -2.31. The molecule has 144 valence electrons. The zero-order chi connectivity index (χ0) is 19.5. The molecule has 1 aromatic carbocycles. The van der Waals surface area contributed by atoms with Gasteiger partial charge in [0.05, 0.1) is 18.1 Å². The number of aromatic nitrogens is 3. The third kappa shape index (κ3) is 3.91.